The Balaban J connectivity index is 1.14. The average Bonchev–Trinajstić information content (AvgIpc) is 3.81. The molecule has 5 heteroatoms. The van der Waals surface area contributed by atoms with Crippen molar-refractivity contribution in [1.82, 2.24) is 15.0 Å². The van der Waals surface area contributed by atoms with E-state index < -0.39 is 5.41 Å². The van der Waals surface area contributed by atoms with Crippen molar-refractivity contribution in [2.75, 3.05) is 0 Å². The third kappa shape index (κ3) is 4.76. The molecule has 0 fully saturated rings. The predicted molar refractivity (Wildman–Crippen MR) is 232 cm³/mol. The Morgan fingerprint density at radius 2 is 1.11 bits per heavy atom. The summed E-state index contributed by atoms with van der Waals surface area (Å²) < 4.78 is 9.03. The Morgan fingerprint density at radius 3 is 1.89 bits per heavy atom. The van der Waals surface area contributed by atoms with Crippen molar-refractivity contribution in [2.24, 2.45) is 0 Å². The van der Waals surface area contributed by atoms with Crippen molar-refractivity contribution in [2.45, 2.75) is 5.41 Å². The van der Waals surface area contributed by atoms with Crippen molar-refractivity contribution < 1.29 is 4.74 Å². The summed E-state index contributed by atoms with van der Waals surface area (Å²) in [6.07, 6.45) is 3.73. The van der Waals surface area contributed by atoms with E-state index >= 15 is 0 Å². The molecule has 12 rings (SSSR count). The van der Waals surface area contributed by atoms with Gasteiger partial charge in [-0.1, -0.05) is 121 Å². The molecule has 10 aromatic rings. The lowest BCUT2D eigenvalue weighted by Crippen LogP contribution is -2.32. The smallest absolute Gasteiger partial charge is 0.160 e. The van der Waals surface area contributed by atoms with Crippen molar-refractivity contribution >= 4 is 31.6 Å². The fraction of sp³-hybridized carbons (Fsp3) is 0.0192. The number of hydrogen-bond acceptors (Lipinski definition) is 5. The van der Waals surface area contributed by atoms with Gasteiger partial charge in [0.1, 0.15) is 11.5 Å². The molecule has 4 heterocycles. The average molecular weight is 746 g/mol. The Bertz CT molecular complexity index is 3120. The molecule has 0 saturated carbocycles. The van der Waals surface area contributed by atoms with E-state index in [1.807, 2.05) is 18.5 Å². The summed E-state index contributed by atoms with van der Waals surface area (Å²) >= 11 is 1.75. The van der Waals surface area contributed by atoms with Crippen LogP contribution in [0, 0.1) is 0 Å². The zero-order valence-electron chi connectivity index (χ0n) is 30.6. The van der Waals surface area contributed by atoms with Crippen LogP contribution in [0.15, 0.2) is 188 Å². The number of hydrogen-bond donors (Lipinski definition) is 0. The zero-order valence-corrected chi connectivity index (χ0v) is 31.4. The van der Waals surface area contributed by atoms with Crippen LogP contribution in [0.5, 0.6) is 11.5 Å². The molecule has 0 atom stereocenters. The molecule has 57 heavy (non-hydrogen) atoms. The van der Waals surface area contributed by atoms with Gasteiger partial charge in [-0.3, -0.25) is 4.98 Å². The number of benzene rings is 7. The first-order valence-electron chi connectivity index (χ1n) is 19.2. The Morgan fingerprint density at radius 1 is 0.456 bits per heavy atom. The van der Waals surface area contributed by atoms with Crippen molar-refractivity contribution in [3.05, 3.63) is 211 Å². The van der Waals surface area contributed by atoms with E-state index in [-0.39, 0.29) is 0 Å². The monoisotopic (exact) mass is 745 g/mol. The number of nitrogens with zero attached hydrogens (tertiary/aromatic N) is 3. The van der Waals surface area contributed by atoms with Crippen molar-refractivity contribution in [1.29, 1.82) is 0 Å². The van der Waals surface area contributed by atoms with E-state index in [9.17, 15) is 0 Å². The summed E-state index contributed by atoms with van der Waals surface area (Å²) in [5.41, 5.74) is 14.8. The maximum absolute atomic E-state index is 6.79. The third-order valence-electron chi connectivity index (χ3n) is 11.6. The van der Waals surface area contributed by atoms with Gasteiger partial charge in [0.2, 0.25) is 0 Å². The molecule has 7 aromatic carbocycles. The molecule has 3 aromatic heterocycles. The highest BCUT2D eigenvalue weighted by Gasteiger charge is 2.51. The molecule has 0 saturated heterocycles. The largest absolute Gasteiger partial charge is 0.457 e. The van der Waals surface area contributed by atoms with Gasteiger partial charge in [-0.05, 0) is 93.5 Å². The summed E-state index contributed by atoms with van der Waals surface area (Å²) in [5, 5.41) is 1.12. The van der Waals surface area contributed by atoms with E-state index in [4.69, 9.17) is 14.7 Å². The van der Waals surface area contributed by atoms with Gasteiger partial charge in [0.05, 0.1) is 21.3 Å². The summed E-state index contributed by atoms with van der Waals surface area (Å²) in [6, 6.07) is 62.7. The molecule has 1 spiro atoms. The minimum absolute atomic E-state index is 0.578. The van der Waals surface area contributed by atoms with Gasteiger partial charge in [0.15, 0.2) is 5.82 Å². The topological polar surface area (TPSA) is 47.9 Å². The van der Waals surface area contributed by atoms with Crippen LogP contribution in [0.4, 0.5) is 0 Å². The maximum Gasteiger partial charge on any atom is 0.160 e. The first-order chi connectivity index (χ1) is 28.2. The highest BCUT2D eigenvalue weighted by atomic mass is 32.1. The minimum atomic E-state index is -0.578. The summed E-state index contributed by atoms with van der Waals surface area (Å²) in [5.74, 6) is 2.40. The number of para-hydroxylation sites is 1. The van der Waals surface area contributed by atoms with Crippen LogP contribution in [-0.4, -0.2) is 15.0 Å². The number of thiophene rings is 1. The fourth-order valence-corrected chi connectivity index (χ4v) is 10.3. The Labute approximate surface area is 333 Å². The first kappa shape index (κ1) is 32.1. The molecule has 4 nitrogen and oxygen atoms in total. The lowest BCUT2D eigenvalue weighted by Gasteiger charge is -2.39. The van der Waals surface area contributed by atoms with E-state index in [2.05, 4.69) is 175 Å². The van der Waals surface area contributed by atoms with Crippen LogP contribution >= 0.6 is 11.3 Å². The summed E-state index contributed by atoms with van der Waals surface area (Å²) in [7, 11) is 0. The lowest BCUT2D eigenvalue weighted by atomic mass is 9.66. The maximum atomic E-state index is 6.79. The lowest BCUT2D eigenvalue weighted by molar-refractivity contribution is 0.436. The van der Waals surface area contributed by atoms with Crippen molar-refractivity contribution in [3.8, 4) is 67.5 Å². The van der Waals surface area contributed by atoms with Gasteiger partial charge in [0, 0.05) is 50.3 Å². The molecule has 0 bridgehead atoms. The van der Waals surface area contributed by atoms with Gasteiger partial charge in [-0.2, -0.15) is 0 Å². The second-order valence-electron chi connectivity index (χ2n) is 14.7. The van der Waals surface area contributed by atoms with E-state index in [1.165, 1.54) is 27.0 Å². The highest BCUT2D eigenvalue weighted by Crippen LogP contribution is 2.62. The van der Waals surface area contributed by atoms with Crippen LogP contribution < -0.4 is 4.74 Å². The van der Waals surface area contributed by atoms with Crippen LogP contribution in [0.25, 0.3) is 76.3 Å². The molecule has 0 radical (unpaired) electrons. The number of aromatic nitrogens is 3. The van der Waals surface area contributed by atoms with Crippen LogP contribution in [0.1, 0.15) is 22.3 Å². The zero-order chi connectivity index (χ0) is 37.5. The Kier molecular flexibility index (Phi) is 6.98. The molecule has 0 N–H and O–H groups in total. The third-order valence-corrected chi connectivity index (χ3v) is 12.8. The number of ether oxygens (including phenoxy) is 1. The first-order valence-corrected chi connectivity index (χ1v) is 20.0. The number of fused-ring (bicyclic) bond motifs is 12. The van der Waals surface area contributed by atoms with Crippen LogP contribution in [0.2, 0.25) is 0 Å². The van der Waals surface area contributed by atoms with Crippen LogP contribution in [-0.2, 0) is 5.41 Å². The van der Waals surface area contributed by atoms with Gasteiger partial charge < -0.3 is 4.74 Å². The molecular formula is C52H31N3OS. The van der Waals surface area contributed by atoms with Gasteiger partial charge >= 0.3 is 0 Å². The normalized spacial score (nSPS) is 13.2. The quantitative estimate of drug-likeness (QED) is 0.180. The molecule has 0 unspecified atom stereocenters. The van der Waals surface area contributed by atoms with Crippen molar-refractivity contribution in [3.63, 3.8) is 0 Å². The Hall–Kier alpha value is -7.21. The second-order valence-corrected chi connectivity index (χ2v) is 15.8. The summed E-state index contributed by atoms with van der Waals surface area (Å²) in [4.78, 5) is 15.4. The SMILES string of the molecule is c1ccc(-c2cc(-c3cccnc3)cc(-c3nc(-c4ccc5c(c4)C4(c6ccccc6O5)c5ccccc5-c5ccccc54)c4sc5ccccc5c4n3)c2)cc1. The number of pyridine rings is 1. The molecular weight excluding hydrogens is 715 g/mol. The minimum Gasteiger partial charge on any atom is -0.457 e. The molecule has 1 aliphatic carbocycles. The van der Waals surface area contributed by atoms with Gasteiger partial charge in [-0.25, -0.2) is 9.97 Å². The number of rotatable bonds is 4. The van der Waals surface area contributed by atoms with E-state index in [0.29, 0.717) is 5.82 Å². The standard InChI is InChI=1S/C52H31N3OS/c1-2-13-32(14-3-1)35-27-36(34-15-12-26-53-31-34)29-37(28-35)51-54-48(50-49(55-51)40-18-6-11-23-47(40)57-50)33-24-25-46-44(30-33)52(43-21-9-10-22-45(43)56-46)41-19-7-4-16-38(41)39-17-5-8-20-42(39)52/h1-31H. The fourth-order valence-electron chi connectivity index (χ4n) is 9.17. The van der Waals surface area contributed by atoms with Gasteiger partial charge in [0.25, 0.3) is 0 Å². The van der Waals surface area contributed by atoms with E-state index in [1.54, 1.807) is 11.3 Å². The molecule has 0 amide bonds. The van der Waals surface area contributed by atoms with E-state index in [0.717, 1.165) is 77.3 Å². The van der Waals surface area contributed by atoms with Crippen LogP contribution in [0.3, 0.4) is 0 Å². The molecule has 2 aliphatic rings. The molecule has 1 aliphatic heterocycles. The van der Waals surface area contributed by atoms with Gasteiger partial charge in [-0.15, -0.1) is 11.3 Å². The predicted octanol–water partition coefficient (Wildman–Crippen LogP) is 13.4. The molecule has 266 valence electrons. The summed E-state index contributed by atoms with van der Waals surface area (Å²) in [6.45, 7) is 0. The second kappa shape index (κ2) is 12.4. The highest BCUT2D eigenvalue weighted by molar-refractivity contribution is 7.26.